The predicted octanol–water partition coefficient (Wildman–Crippen LogP) is 2.72. The van der Waals surface area contributed by atoms with Gasteiger partial charge in [-0.05, 0) is 23.9 Å². The van der Waals surface area contributed by atoms with Gasteiger partial charge in [-0.25, -0.2) is 24.9 Å². The van der Waals surface area contributed by atoms with E-state index in [1.54, 1.807) is 18.6 Å². The minimum absolute atomic E-state index is 0.123. The van der Waals surface area contributed by atoms with E-state index in [9.17, 15) is 0 Å². The van der Waals surface area contributed by atoms with E-state index in [0.29, 0.717) is 27.4 Å². The van der Waals surface area contributed by atoms with Crippen LogP contribution in [0.2, 0.25) is 0 Å². The highest BCUT2D eigenvalue weighted by Crippen LogP contribution is 2.33. The SMILES string of the molecule is Nc1ncnc(Sc2ncc(Nc3cncnc3)nc2Oc2ccccc2)n1. The molecule has 0 bridgehead atoms. The molecular formula is C17H13N9OS. The van der Waals surface area contributed by atoms with Crippen LogP contribution < -0.4 is 15.8 Å². The molecule has 0 radical (unpaired) electrons. The average Bonchev–Trinajstić information content (AvgIpc) is 2.72. The molecule has 0 aliphatic heterocycles. The Morgan fingerprint density at radius 2 is 1.71 bits per heavy atom. The molecule has 0 aliphatic rings. The molecule has 4 rings (SSSR count). The van der Waals surface area contributed by atoms with Crippen molar-refractivity contribution < 1.29 is 4.74 Å². The summed E-state index contributed by atoms with van der Waals surface area (Å²) in [7, 11) is 0. The largest absolute Gasteiger partial charge is 0.437 e. The summed E-state index contributed by atoms with van der Waals surface area (Å²) < 4.78 is 5.92. The molecule has 138 valence electrons. The summed E-state index contributed by atoms with van der Waals surface area (Å²) in [4.78, 5) is 28.8. The van der Waals surface area contributed by atoms with Gasteiger partial charge in [0.25, 0.3) is 5.88 Å². The van der Waals surface area contributed by atoms with Gasteiger partial charge < -0.3 is 15.8 Å². The molecule has 0 fully saturated rings. The van der Waals surface area contributed by atoms with E-state index in [0.717, 1.165) is 0 Å². The Kier molecular flexibility index (Phi) is 5.15. The third-order valence-electron chi connectivity index (χ3n) is 3.26. The normalized spacial score (nSPS) is 10.4. The predicted molar refractivity (Wildman–Crippen MR) is 102 cm³/mol. The Morgan fingerprint density at radius 3 is 2.50 bits per heavy atom. The number of para-hydroxylation sites is 1. The number of rotatable bonds is 6. The number of hydrogen-bond donors (Lipinski definition) is 2. The van der Waals surface area contributed by atoms with Crippen molar-refractivity contribution in [2.75, 3.05) is 11.1 Å². The van der Waals surface area contributed by atoms with Crippen molar-refractivity contribution in [3.8, 4) is 11.6 Å². The third kappa shape index (κ3) is 4.45. The van der Waals surface area contributed by atoms with Gasteiger partial charge >= 0.3 is 0 Å². The first-order chi connectivity index (χ1) is 13.8. The van der Waals surface area contributed by atoms with Gasteiger partial charge in [-0.3, -0.25) is 0 Å². The Labute approximate surface area is 163 Å². The van der Waals surface area contributed by atoms with Crippen LogP contribution in [0.15, 0.2) is 71.8 Å². The minimum atomic E-state index is 0.123. The second-order valence-corrected chi connectivity index (χ2v) is 6.22. The lowest BCUT2D eigenvalue weighted by Crippen LogP contribution is -2.01. The summed E-state index contributed by atoms with van der Waals surface area (Å²) in [6, 6.07) is 9.27. The lowest BCUT2D eigenvalue weighted by atomic mass is 10.3. The highest BCUT2D eigenvalue weighted by Gasteiger charge is 2.14. The van der Waals surface area contributed by atoms with Gasteiger partial charge in [-0.2, -0.15) is 9.97 Å². The van der Waals surface area contributed by atoms with Crippen molar-refractivity contribution >= 4 is 29.2 Å². The van der Waals surface area contributed by atoms with E-state index in [4.69, 9.17) is 10.5 Å². The second kappa shape index (κ2) is 8.22. The van der Waals surface area contributed by atoms with Crippen molar-refractivity contribution in [1.29, 1.82) is 0 Å². The number of hydrogen-bond acceptors (Lipinski definition) is 11. The maximum absolute atomic E-state index is 5.92. The molecule has 0 amide bonds. The number of ether oxygens (including phenoxy) is 1. The lowest BCUT2D eigenvalue weighted by Gasteiger charge is -2.11. The first-order valence-electron chi connectivity index (χ1n) is 8.00. The molecule has 11 heteroatoms. The van der Waals surface area contributed by atoms with E-state index in [1.807, 2.05) is 30.3 Å². The quantitative estimate of drug-likeness (QED) is 0.501. The summed E-state index contributed by atoms with van der Waals surface area (Å²) >= 11 is 1.17. The van der Waals surface area contributed by atoms with Crippen LogP contribution in [-0.4, -0.2) is 34.9 Å². The zero-order valence-corrected chi connectivity index (χ0v) is 15.1. The van der Waals surface area contributed by atoms with E-state index in [2.05, 4.69) is 40.2 Å². The van der Waals surface area contributed by atoms with Crippen LogP contribution in [0.1, 0.15) is 0 Å². The molecule has 4 aromatic rings. The van der Waals surface area contributed by atoms with Gasteiger partial charge in [0, 0.05) is 0 Å². The summed E-state index contributed by atoms with van der Waals surface area (Å²) in [5.41, 5.74) is 6.29. The smallest absolute Gasteiger partial charge is 0.254 e. The second-order valence-electron chi connectivity index (χ2n) is 5.26. The number of nitrogens with two attached hydrogens (primary N) is 1. The Balaban J connectivity index is 1.65. The molecule has 1 aromatic carbocycles. The summed E-state index contributed by atoms with van der Waals surface area (Å²) in [5.74, 6) is 1.50. The minimum Gasteiger partial charge on any atom is -0.437 e. The molecule has 0 spiro atoms. The molecular weight excluding hydrogens is 378 g/mol. The van der Waals surface area contributed by atoms with Crippen molar-refractivity contribution in [1.82, 2.24) is 34.9 Å². The summed E-state index contributed by atoms with van der Waals surface area (Å²) in [6.45, 7) is 0. The molecule has 3 aromatic heterocycles. The molecule has 0 aliphatic carbocycles. The number of aromatic nitrogens is 7. The number of anilines is 3. The van der Waals surface area contributed by atoms with Crippen LogP contribution in [0.25, 0.3) is 0 Å². The zero-order chi connectivity index (χ0) is 19.2. The number of nitrogen functional groups attached to an aromatic ring is 1. The van der Waals surface area contributed by atoms with Crippen molar-refractivity contribution in [2.24, 2.45) is 0 Å². The monoisotopic (exact) mass is 391 g/mol. The van der Waals surface area contributed by atoms with Gasteiger partial charge in [-0.15, -0.1) is 0 Å². The highest BCUT2D eigenvalue weighted by atomic mass is 32.2. The molecule has 3 heterocycles. The van der Waals surface area contributed by atoms with Gasteiger partial charge in [0.05, 0.1) is 24.3 Å². The van der Waals surface area contributed by atoms with Gasteiger partial charge in [0.2, 0.25) is 5.95 Å². The number of nitrogens with one attached hydrogen (secondary N) is 1. The first kappa shape index (κ1) is 17.5. The fraction of sp³-hybridized carbons (Fsp3) is 0. The van der Waals surface area contributed by atoms with Gasteiger partial charge in [0.1, 0.15) is 18.4 Å². The summed E-state index contributed by atoms with van der Waals surface area (Å²) in [6.07, 6.45) is 7.60. The third-order valence-corrected chi connectivity index (χ3v) is 4.11. The van der Waals surface area contributed by atoms with Crippen molar-refractivity contribution in [3.05, 3.63) is 61.6 Å². The fourth-order valence-corrected chi connectivity index (χ4v) is 2.79. The Hall–Kier alpha value is -3.86. The van der Waals surface area contributed by atoms with E-state index >= 15 is 0 Å². The molecule has 0 saturated carbocycles. The lowest BCUT2D eigenvalue weighted by molar-refractivity contribution is 0.445. The molecule has 10 nitrogen and oxygen atoms in total. The number of benzene rings is 1. The van der Waals surface area contributed by atoms with E-state index in [1.165, 1.54) is 24.4 Å². The standard InChI is InChI=1S/C17H13N9OS/c18-16-22-10-23-17(26-16)28-15-14(27-12-4-2-1-3-5-12)25-13(8-21-15)24-11-6-19-9-20-7-11/h1-10H,(H,24,25)(H2,18,22,23,26). The van der Waals surface area contributed by atoms with Crippen LogP contribution in [-0.2, 0) is 0 Å². The highest BCUT2D eigenvalue weighted by molar-refractivity contribution is 7.99. The maximum Gasteiger partial charge on any atom is 0.254 e. The fourth-order valence-electron chi connectivity index (χ4n) is 2.10. The molecule has 28 heavy (non-hydrogen) atoms. The topological polar surface area (TPSA) is 138 Å². The van der Waals surface area contributed by atoms with Crippen LogP contribution in [0, 0.1) is 0 Å². The van der Waals surface area contributed by atoms with E-state index < -0.39 is 0 Å². The Bertz CT molecular complexity index is 1070. The summed E-state index contributed by atoms with van der Waals surface area (Å²) in [5, 5.41) is 3.94. The van der Waals surface area contributed by atoms with Crippen LogP contribution in [0.5, 0.6) is 11.6 Å². The van der Waals surface area contributed by atoms with Crippen LogP contribution in [0.3, 0.4) is 0 Å². The van der Waals surface area contributed by atoms with Crippen LogP contribution >= 0.6 is 11.8 Å². The Morgan fingerprint density at radius 1 is 0.893 bits per heavy atom. The first-order valence-corrected chi connectivity index (χ1v) is 8.82. The van der Waals surface area contributed by atoms with Crippen molar-refractivity contribution in [2.45, 2.75) is 10.2 Å². The molecule has 3 N–H and O–H groups in total. The van der Waals surface area contributed by atoms with Crippen LogP contribution in [0.4, 0.5) is 17.5 Å². The number of nitrogens with zero attached hydrogens (tertiary/aromatic N) is 7. The van der Waals surface area contributed by atoms with Crippen molar-refractivity contribution in [3.63, 3.8) is 0 Å². The molecule has 0 atom stereocenters. The van der Waals surface area contributed by atoms with Gasteiger partial charge in [-0.1, -0.05) is 18.2 Å². The van der Waals surface area contributed by atoms with E-state index in [-0.39, 0.29) is 11.8 Å². The van der Waals surface area contributed by atoms with Gasteiger partial charge in [0.15, 0.2) is 16.0 Å². The maximum atomic E-state index is 5.92. The molecule has 0 unspecified atom stereocenters. The average molecular weight is 391 g/mol. The zero-order valence-electron chi connectivity index (χ0n) is 14.3. The molecule has 0 saturated heterocycles.